The van der Waals surface area contributed by atoms with Crippen LogP contribution in [0, 0.1) is 0 Å². The maximum atomic E-state index is 5.55. The summed E-state index contributed by atoms with van der Waals surface area (Å²) in [5, 5.41) is 3.52. The first-order valence-electron chi connectivity index (χ1n) is 6.92. The largest absolute Gasteiger partial charge is 0.381 e. The van der Waals surface area contributed by atoms with Gasteiger partial charge in [-0.3, -0.25) is 0 Å². The van der Waals surface area contributed by atoms with Gasteiger partial charge in [0.15, 0.2) is 0 Å². The topological polar surface area (TPSA) is 30.5 Å². The second kappa shape index (κ2) is 9.86. The number of hydrogen-bond donors (Lipinski definition) is 1. The summed E-state index contributed by atoms with van der Waals surface area (Å²) in [5.41, 5.74) is -0.0159. The molecule has 0 spiro atoms. The van der Waals surface area contributed by atoms with E-state index in [-0.39, 0.29) is 5.60 Å². The second-order valence-corrected chi connectivity index (χ2v) is 5.16. The van der Waals surface area contributed by atoms with E-state index in [1.807, 2.05) is 0 Å². The highest BCUT2D eigenvalue weighted by Gasteiger charge is 2.18. The summed E-state index contributed by atoms with van der Waals surface area (Å²) in [6.45, 7) is 11.3. The van der Waals surface area contributed by atoms with Crippen LogP contribution in [0.1, 0.15) is 53.4 Å². The fourth-order valence-electron chi connectivity index (χ4n) is 1.73. The predicted octanol–water partition coefficient (Wildman–Crippen LogP) is 2.99. The lowest BCUT2D eigenvalue weighted by molar-refractivity contribution is 0.0106. The van der Waals surface area contributed by atoms with Crippen molar-refractivity contribution in [2.45, 2.75) is 65.0 Å². The fourth-order valence-corrected chi connectivity index (χ4v) is 1.73. The van der Waals surface area contributed by atoms with E-state index in [0.29, 0.717) is 6.04 Å². The third-order valence-corrected chi connectivity index (χ3v) is 3.10. The second-order valence-electron chi connectivity index (χ2n) is 5.16. The van der Waals surface area contributed by atoms with Gasteiger partial charge in [0.1, 0.15) is 0 Å². The molecule has 0 aliphatic rings. The van der Waals surface area contributed by atoms with Gasteiger partial charge in [-0.25, -0.2) is 0 Å². The third kappa shape index (κ3) is 9.57. The van der Waals surface area contributed by atoms with E-state index in [1.165, 1.54) is 0 Å². The van der Waals surface area contributed by atoms with Crippen LogP contribution in [0.5, 0.6) is 0 Å². The van der Waals surface area contributed by atoms with Crippen LogP contribution in [-0.4, -0.2) is 38.5 Å². The standard InChI is InChI=1S/C14H31NO2/c1-6-11-17-12-9-13(15-7-2)8-10-14(3,4)16-5/h13,15H,6-12H2,1-5H3. The van der Waals surface area contributed by atoms with Crippen LogP contribution in [0.25, 0.3) is 0 Å². The van der Waals surface area contributed by atoms with Crippen molar-refractivity contribution in [3.63, 3.8) is 0 Å². The Morgan fingerprint density at radius 1 is 1.12 bits per heavy atom. The van der Waals surface area contributed by atoms with Gasteiger partial charge in [-0.2, -0.15) is 0 Å². The number of rotatable bonds is 11. The minimum Gasteiger partial charge on any atom is -0.381 e. The molecule has 0 aromatic carbocycles. The molecule has 0 aliphatic carbocycles. The van der Waals surface area contributed by atoms with Gasteiger partial charge in [0.05, 0.1) is 5.60 Å². The monoisotopic (exact) mass is 245 g/mol. The first-order chi connectivity index (χ1) is 8.05. The summed E-state index contributed by atoms with van der Waals surface area (Å²) < 4.78 is 11.0. The Morgan fingerprint density at radius 3 is 2.35 bits per heavy atom. The zero-order valence-electron chi connectivity index (χ0n) is 12.3. The summed E-state index contributed by atoms with van der Waals surface area (Å²) in [5.74, 6) is 0. The van der Waals surface area contributed by atoms with Crippen LogP contribution in [0.2, 0.25) is 0 Å². The van der Waals surface area contributed by atoms with E-state index < -0.39 is 0 Å². The molecule has 0 fully saturated rings. The molecule has 3 nitrogen and oxygen atoms in total. The van der Waals surface area contributed by atoms with Crippen LogP contribution >= 0.6 is 0 Å². The quantitative estimate of drug-likeness (QED) is 0.568. The average Bonchev–Trinajstić information content (AvgIpc) is 2.31. The van der Waals surface area contributed by atoms with Gasteiger partial charge >= 0.3 is 0 Å². The Labute approximate surface area is 107 Å². The first-order valence-corrected chi connectivity index (χ1v) is 6.92. The summed E-state index contributed by atoms with van der Waals surface area (Å²) in [7, 11) is 1.78. The summed E-state index contributed by atoms with van der Waals surface area (Å²) in [6.07, 6.45) is 4.41. The maximum absolute atomic E-state index is 5.55. The molecule has 0 aromatic rings. The minimum absolute atomic E-state index is 0.0159. The van der Waals surface area contributed by atoms with Crippen LogP contribution in [-0.2, 0) is 9.47 Å². The zero-order valence-corrected chi connectivity index (χ0v) is 12.3. The number of nitrogens with one attached hydrogen (secondary N) is 1. The Balaban J connectivity index is 3.81. The van der Waals surface area contributed by atoms with Gasteiger partial charge in [0.2, 0.25) is 0 Å². The lowest BCUT2D eigenvalue weighted by Crippen LogP contribution is -2.33. The molecule has 0 saturated carbocycles. The number of hydrogen-bond acceptors (Lipinski definition) is 3. The normalized spacial score (nSPS) is 13.9. The molecule has 1 N–H and O–H groups in total. The molecule has 0 amide bonds. The Morgan fingerprint density at radius 2 is 1.82 bits per heavy atom. The van der Waals surface area contributed by atoms with Gasteiger partial charge in [-0.15, -0.1) is 0 Å². The molecule has 0 saturated heterocycles. The van der Waals surface area contributed by atoms with Gasteiger partial charge in [-0.1, -0.05) is 13.8 Å². The molecular weight excluding hydrogens is 214 g/mol. The maximum Gasteiger partial charge on any atom is 0.0623 e. The molecule has 0 rings (SSSR count). The summed E-state index contributed by atoms with van der Waals surface area (Å²) >= 11 is 0. The number of methoxy groups -OCH3 is 1. The van der Waals surface area contributed by atoms with Crippen molar-refractivity contribution < 1.29 is 9.47 Å². The van der Waals surface area contributed by atoms with E-state index in [4.69, 9.17) is 9.47 Å². The van der Waals surface area contributed by atoms with Crippen molar-refractivity contribution in [3.05, 3.63) is 0 Å². The van der Waals surface area contributed by atoms with E-state index in [2.05, 4.69) is 33.0 Å². The van der Waals surface area contributed by atoms with Crippen LogP contribution < -0.4 is 5.32 Å². The lowest BCUT2D eigenvalue weighted by atomic mass is 9.97. The fraction of sp³-hybridized carbons (Fsp3) is 1.00. The van der Waals surface area contributed by atoms with E-state index in [9.17, 15) is 0 Å². The smallest absolute Gasteiger partial charge is 0.0623 e. The Kier molecular flexibility index (Phi) is 9.79. The van der Waals surface area contributed by atoms with Gasteiger partial charge in [0.25, 0.3) is 0 Å². The Bertz CT molecular complexity index is 172. The molecule has 17 heavy (non-hydrogen) atoms. The van der Waals surface area contributed by atoms with Gasteiger partial charge < -0.3 is 14.8 Å². The van der Waals surface area contributed by atoms with Crippen LogP contribution in [0.15, 0.2) is 0 Å². The summed E-state index contributed by atoms with van der Waals surface area (Å²) in [4.78, 5) is 0. The molecule has 0 radical (unpaired) electrons. The van der Waals surface area contributed by atoms with Crippen LogP contribution in [0.4, 0.5) is 0 Å². The van der Waals surface area contributed by atoms with Gasteiger partial charge in [0, 0.05) is 26.4 Å². The molecule has 1 unspecified atom stereocenters. The highest BCUT2D eigenvalue weighted by molar-refractivity contribution is 4.74. The van der Waals surface area contributed by atoms with E-state index in [0.717, 1.165) is 45.4 Å². The highest BCUT2D eigenvalue weighted by Crippen LogP contribution is 2.17. The molecule has 0 heterocycles. The summed E-state index contributed by atoms with van der Waals surface area (Å²) in [6, 6.07) is 0.547. The third-order valence-electron chi connectivity index (χ3n) is 3.10. The van der Waals surface area contributed by atoms with Crippen molar-refractivity contribution in [1.29, 1.82) is 0 Å². The predicted molar refractivity (Wildman–Crippen MR) is 73.5 cm³/mol. The molecule has 1 atom stereocenters. The van der Waals surface area contributed by atoms with Crippen molar-refractivity contribution in [1.82, 2.24) is 5.32 Å². The van der Waals surface area contributed by atoms with E-state index >= 15 is 0 Å². The number of ether oxygens (including phenoxy) is 2. The van der Waals surface area contributed by atoms with Crippen molar-refractivity contribution in [2.75, 3.05) is 26.9 Å². The van der Waals surface area contributed by atoms with Crippen molar-refractivity contribution >= 4 is 0 Å². The molecule has 0 aliphatic heterocycles. The van der Waals surface area contributed by atoms with Gasteiger partial charge in [-0.05, 0) is 46.1 Å². The molecule has 0 bridgehead atoms. The molecule has 104 valence electrons. The minimum atomic E-state index is -0.0159. The van der Waals surface area contributed by atoms with E-state index in [1.54, 1.807) is 7.11 Å². The lowest BCUT2D eigenvalue weighted by Gasteiger charge is -2.26. The van der Waals surface area contributed by atoms with Crippen LogP contribution in [0.3, 0.4) is 0 Å². The molecule has 3 heteroatoms. The highest BCUT2D eigenvalue weighted by atomic mass is 16.5. The van der Waals surface area contributed by atoms with Crippen molar-refractivity contribution in [2.24, 2.45) is 0 Å². The Hall–Kier alpha value is -0.120. The van der Waals surface area contributed by atoms with Crippen molar-refractivity contribution in [3.8, 4) is 0 Å². The molecule has 0 aromatic heterocycles. The first kappa shape index (κ1) is 16.9. The average molecular weight is 245 g/mol. The molecular formula is C14H31NO2. The zero-order chi connectivity index (χ0) is 13.1. The SMILES string of the molecule is CCCOCCC(CCC(C)(C)OC)NCC.